The largest absolute Gasteiger partial charge is 0.337 e. The zero-order valence-corrected chi connectivity index (χ0v) is 17.3. The number of nitrogens with zero attached hydrogens (tertiary/aromatic N) is 4. The first-order chi connectivity index (χ1) is 12.8. The topological polar surface area (TPSA) is 51.0 Å². The van der Waals surface area contributed by atoms with Crippen molar-refractivity contribution in [3.8, 4) is 11.4 Å². The number of carbonyl (C=O) groups is 1. The van der Waals surface area contributed by atoms with Gasteiger partial charge in [-0.1, -0.05) is 23.9 Å². The summed E-state index contributed by atoms with van der Waals surface area (Å²) in [5.74, 6) is 0.323. The van der Waals surface area contributed by atoms with Crippen LogP contribution in [-0.4, -0.2) is 42.9 Å². The Bertz CT molecular complexity index is 808. The molecule has 1 atom stereocenters. The lowest BCUT2D eigenvalue weighted by atomic mass is 10.2. The quantitative estimate of drug-likeness (QED) is 0.651. The molecule has 5 nitrogen and oxygen atoms in total. The summed E-state index contributed by atoms with van der Waals surface area (Å²) in [4.78, 5) is 14.8. The van der Waals surface area contributed by atoms with Crippen molar-refractivity contribution in [1.82, 2.24) is 19.7 Å². The Morgan fingerprint density at radius 3 is 2.33 bits per heavy atom. The van der Waals surface area contributed by atoms with Crippen LogP contribution in [0.15, 0.2) is 29.4 Å². The van der Waals surface area contributed by atoms with E-state index in [2.05, 4.69) is 10.2 Å². The van der Waals surface area contributed by atoms with Crippen molar-refractivity contribution in [1.29, 1.82) is 0 Å². The summed E-state index contributed by atoms with van der Waals surface area (Å²) >= 11 is 1.41. The van der Waals surface area contributed by atoms with Crippen LogP contribution in [0.3, 0.4) is 0 Å². The summed E-state index contributed by atoms with van der Waals surface area (Å²) in [5.41, 5.74) is 0.453. The number of hydrogen-bond acceptors (Lipinski definition) is 4. The van der Waals surface area contributed by atoms with Gasteiger partial charge in [-0.3, -0.25) is 9.36 Å². The number of amides is 1. The second kappa shape index (κ2) is 8.00. The summed E-state index contributed by atoms with van der Waals surface area (Å²) in [6.07, 6.45) is 2.05. The van der Waals surface area contributed by atoms with E-state index in [1.165, 1.54) is 17.8 Å². The molecule has 0 aliphatic heterocycles. The van der Waals surface area contributed by atoms with Gasteiger partial charge in [0.2, 0.25) is 5.91 Å². The standard InChI is InChI=1S/C20H27FN4OS/c1-12(2)24(13(3)4)19(26)14(5)27-20-23-22-18(25(20)15-10-11-15)16-8-6-7-9-17(16)21/h6-9,12-15H,10-11H2,1-5H3/t14-/m0/s1. The highest BCUT2D eigenvalue weighted by Gasteiger charge is 2.33. The van der Waals surface area contributed by atoms with Gasteiger partial charge >= 0.3 is 0 Å². The van der Waals surface area contributed by atoms with E-state index < -0.39 is 0 Å². The number of aromatic nitrogens is 3. The molecule has 1 saturated carbocycles. The van der Waals surface area contributed by atoms with E-state index in [9.17, 15) is 9.18 Å². The van der Waals surface area contributed by atoms with Crippen molar-refractivity contribution in [2.45, 2.75) is 76.0 Å². The maximum atomic E-state index is 14.3. The van der Waals surface area contributed by atoms with Crippen molar-refractivity contribution in [2.24, 2.45) is 0 Å². The van der Waals surface area contributed by atoms with Crippen LogP contribution in [0.25, 0.3) is 11.4 Å². The zero-order valence-electron chi connectivity index (χ0n) is 16.5. The summed E-state index contributed by atoms with van der Waals surface area (Å²) in [7, 11) is 0. The lowest BCUT2D eigenvalue weighted by Crippen LogP contribution is -2.45. The van der Waals surface area contributed by atoms with Gasteiger partial charge in [0, 0.05) is 18.1 Å². The monoisotopic (exact) mass is 390 g/mol. The fourth-order valence-corrected chi connectivity index (χ4v) is 4.35. The Morgan fingerprint density at radius 2 is 1.78 bits per heavy atom. The van der Waals surface area contributed by atoms with Gasteiger partial charge in [-0.05, 0) is 59.6 Å². The van der Waals surface area contributed by atoms with Crippen molar-refractivity contribution >= 4 is 17.7 Å². The van der Waals surface area contributed by atoms with Gasteiger partial charge in [-0.15, -0.1) is 10.2 Å². The highest BCUT2D eigenvalue weighted by atomic mass is 32.2. The molecular weight excluding hydrogens is 363 g/mol. The van der Waals surface area contributed by atoms with Gasteiger partial charge in [0.05, 0.1) is 10.8 Å². The SMILES string of the molecule is CC(C)N(C(=O)[C@H](C)Sc1nnc(-c2ccccc2F)n1C1CC1)C(C)C. The Balaban J connectivity index is 1.88. The molecule has 7 heteroatoms. The van der Waals surface area contributed by atoms with Crippen LogP contribution >= 0.6 is 11.8 Å². The van der Waals surface area contributed by atoms with Gasteiger partial charge < -0.3 is 4.90 Å². The predicted molar refractivity (Wildman–Crippen MR) is 106 cm³/mol. The van der Waals surface area contributed by atoms with Crippen LogP contribution in [0.2, 0.25) is 0 Å². The molecule has 27 heavy (non-hydrogen) atoms. The molecule has 0 bridgehead atoms. The minimum Gasteiger partial charge on any atom is -0.337 e. The number of benzene rings is 1. The molecule has 146 valence electrons. The maximum absolute atomic E-state index is 14.3. The van der Waals surface area contributed by atoms with E-state index in [1.807, 2.05) is 44.1 Å². The molecule has 1 amide bonds. The maximum Gasteiger partial charge on any atom is 0.236 e. The first-order valence-corrected chi connectivity index (χ1v) is 10.4. The third-order valence-electron chi connectivity index (χ3n) is 4.69. The minimum atomic E-state index is -0.307. The van der Waals surface area contributed by atoms with E-state index in [4.69, 9.17) is 0 Å². The Hall–Kier alpha value is -1.89. The Labute approximate surface area is 164 Å². The molecule has 0 radical (unpaired) electrons. The molecule has 0 unspecified atom stereocenters. The number of carbonyl (C=O) groups excluding carboxylic acids is 1. The summed E-state index contributed by atoms with van der Waals surface area (Å²) in [6.45, 7) is 10.0. The molecule has 0 spiro atoms. The van der Waals surface area contributed by atoms with Crippen LogP contribution in [0, 0.1) is 5.82 Å². The van der Waals surface area contributed by atoms with E-state index in [0.717, 1.165) is 12.8 Å². The van der Waals surface area contributed by atoms with Gasteiger partial charge in [-0.2, -0.15) is 0 Å². The average molecular weight is 391 g/mol. The van der Waals surface area contributed by atoms with Crippen molar-refractivity contribution < 1.29 is 9.18 Å². The molecular formula is C20H27FN4OS. The van der Waals surface area contributed by atoms with E-state index in [1.54, 1.807) is 18.2 Å². The molecule has 1 aromatic carbocycles. The van der Waals surface area contributed by atoms with Gasteiger partial charge in [-0.25, -0.2) is 4.39 Å². The minimum absolute atomic E-state index is 0.0859. The smallest absolute Gasteiger partial charge is 0.236 e. The highest BCUT2D eigenvalue weighted by molar-refractivity contribution is 8.00. The van der Waals surface area contributed by atoms with E-state index >= 15 is 0 Å². The first kappa shape index (κ1) is 19.9. The summed E-state index contributed by atoms with van der Waals surface area (Å²) < 4.78 is 16.3. The third kappa shape index (κ3) is 4.18. The second-order valence-corrected chi connectivity index (χ2v) is 8.89. The van der Waals surface area contributed by atoms with Crippen molar-refractivity contribution in [3.05, 3.63) is 30.1 Å². The first-order valence-electron chi connectivity index (χ1n) is 9.49. The van der Waals surface area contributed by atoms with Gasteiger partial charge in [0.25, 0.3) is 0 Å². The summed E-state index contributed by atoms with van der Waals surface area (Å²) in [6, 6.07) is 7.17. The van der Waals surface area contributed by atoms with Crippen LogP contribution in [-0.2, 0) is 4.79 Å². The molecule has 1 fully saturated rings. The fourth-order valence-electron chi connectivity index (χ4n) is 3.37. The molecule has 3 rings (SSSR count). The zero-order chi connectivity index (χ0) is 19.7. The van der Waals surface area contributed by atoms with Crippen LogP contribution in [0.1, 0.15) is 53.5 Å². The molecule has 0 N–H and O–H groups in total. The molecule has 2 aromatic rings. The van der Waals surface area contributed by atoms with Crippen LogP contribution in [0.5, 0.6) is 0 Å². The third-order valence-corrected chi connectivity index (χ3v) is 5.73. The number of thioether (sulfide) groups is 1. The predicted octanol–water partition coefficient (Wildman–Crippen LogP) is 4.55. The van der Waals surface area contributed by atoms with E-state index in [-0.39, 0.29) is 35.1 Å². The van der Waals surface area contributed by atoms with Crippen LogP contribution < -0.4 is 0 Å². The Morgan fingerprint density at radius 1 is 1.15 bits per heavy atom. The second-order valence-electron chi connectivity index (χ2n) is 7.58. The van der Waals surface area contributed by atoms with Gasteiger partial charge in [0.1, 0.15) is 5.82 Å². The number of hydrogen-bond donors (Lipinski definition) is 0. The lowest BCUT2D eigenvalue weighted by molar-refractivity contribution is -0.133. The molecule has 1 aliphatic carbocycles. The average Bonchev–Trinajstić information content (AvgIpc) is 3.35. The molecule has 0 saturated heterocycles. The van der Waals surface area contributed by atoms with Crippen molar-refractivity contribution in [2.75, 3.05) is 0 Å². The number of rotatable bonds is 7. The van der Waals surface area contributed by atoms with E-state index in [0.29, 0.717) is 16.5 Å². The number of halogens is 1. The Kier molecular flexibility index (Phi) is 5.89. The molecule has 1 aliphatic rings. The molecule has 1 heterocycles. The molecule has 1 aromatic heterocycles. The normalized spacial score (nSPS) is 15.4. The van der Waals surface area contributed by atoms with Crippen molar-refractivity contribution in [3.63, 3.8) is 0 Å². The van der Waals surface area contributed by atoms with Gasteiger partial charge in [0.15, 0.2) is 11.0 Å². The van der Waals surface area contributed by atoms with Crippen LogP contribution in [0.4, 0.5) is 4.39 Å². The lowest BCUT2D eigenvalue weighted by Gasteiger charge is -2.32. The highest BCUT2D eigenvalue weighted by Crippen LogP contribution is 2.42. The summed E-state index contributed by atoms with van der Waals surface area (Å²) in [5, 5.41) is 8.97. The fraction of sp³-hybridized carbons (Fsp3) is 0.550.